The highest BCUT2D eigenvalue weighted by molar-refractivity contribution is 5.84. The topological polar surface area (TPSA) is 175 Å². The largest absolute Gasteiger partial charge is 0.575 e. The summed E-state index contributed by atoms with van der Waals surface area (Å²) in [5, 5.41) is 0. The molecule has 0 unspecified atom stereocenters. The van der Waals surface area contributed by atoms with E-state index in [2.05, 4.69) is 14.2 Å². The second kappa shape index (κ2) is 42.5. The third-order valence-electron chi connectivity index (χ3n) is 13.4. The number of esters is 6. The molecule has 0 atom stereocenters. The Bertz CT molecular complexity index is 1770. The van der Waals surface area contributed by atoms with Crippen LogP contribution >= 0.6 is 0 Å². The van der Waals surface area contributed by atoms with Crippen LogP contribution in [0.1, 0.15) is 244 Å². The fraction of sp³-hybridized carbons (Fsp3) is 0.883. The Kier molecular flexibility index (Phi) is 47.2. The molecule has 0 spiro atoms. The van der Waals surface area contributed by atoms with E-state index in [1.54, 1.807) is 69.2 Å². The predicted molar refractivity (Wildman–Crippen MR) is 304 cm³/mol. The summed E-state index contributed by atoms with van der Waals surface area (Å²) in [6.07, 6.45) is -9.71. The first-order valence-electron chi connectivity index (χ1n) is 28.5. The maximum Gasteiger partial charge on any atom is 0.575 e. The molecular formula is C60H108F12O13. The molecule has 0 bridgehead atoms. The molecule has 0 N–H and O–H groups in total. The Morgan fingerprint density at radius 1 is 0.329 bits per heavy atom. The molecule has 0 amide bonds. The summed E-state index contributed by atoms with van der Waals surface area (Å²) < 4.78 is 170. The van der Waals surface area contributed by atoms with Crippen LogP contribution in [0.4, 0.5) is 52.7 Å². The fourth-order valence-corrected chi connectivity index (χ4v) is 3.89. The molecule has 0 aliphatic rings. The number of alkyl halides is 12. The molecule has 25 heteroatoms. The monoisotopic (exact) mass is 1260 g/mol. The van der Waals surface area contributed by atoms with Crippen LogP contribution in [0.15, 0.2) is 0 Å². The molecule has 0 aromatic rings. The Labute approximate surface area is 500 Å². The maximum atomic E-state index is 12.4. The summed E-state index contributed by atoms with van der Waals surface area (Å²) in [4.78, 5) is 77.9. The fourth-order valence-electron chi connectivity index (χ4n) is 3.89. The van der Waals surface area contributed by atoms with Crippen LogP contribution < -0.4 is 0 Å². The predicted octanol–water partition coefficient (Wildman–Crippen LogP) is 18.0. The molecule has 0 rings (SSSR count). The van der Waals surface area contributed by atoms with Crippen LogP contribution in [0.25, 0.3) is 0 Å². The van der Waals surface area contributed by atoms with Crippen LogP contribution in [0.2, 0.25) is 0 Å². The number of hydrogen-bond acceptors (Lipinski definition) is 13. The van der Waals surface area contributed by atoms with E-state index in [9.17, 15) is 86.2 Å². The van der Waals surface area contributed by atoms with Crippen molar-refractivity contribution in [1.29, 1.82) is 0 Å². The van der Waals surface area contributed by atoms with Crippen molar-refractivity contribution in [3.63, 3.8) is 0 Å². The van der Waals surface area contributed by atoms with Crippen molar-refractivity contribution in [3.05, 3.63) is 0 Å². The quantitative estimate of drug-likeness (QED) is 0.0455. The van der Waals surface area contributed by atoms with Gasteiger partial charge < -0.3 is 28.4 Å². The summed E-state index contributed by atoms with van der Waals surface area (Å²) in [6.45, 7) is 42.1. The lowest BCUT2D eigenvalue weighted by atomic mass is 9.83. The lowest BCUT2D eigenvalue weighted by Crippen LogP contribution is -2.31. The van der Waals surface area contributed by atoms with E-state index in [-0.39, 0.29) is 48.2 Å². The van der Waals surface area contributed by atoms with Crippen LogP contribution in [0.3, 0.4) is 0 Å². The zero-order valence-electron chi connectivity index (χ0n) is 55.7. The number of halogens is 12. The minimum absolute atomic E-state index is 0.0995. The number of hydrogen-bond donors (Lipinski definition) is 0. The Morgan fingerprint density at radius 2 is 0.576 bits per heavy atom. The van der Waals surface area contributed by atoms with E-state index in [4.69, 9.17) is 14.2 Å². The molecule has 510 valence electrons. The zero-order valence-corrected chi connectivity index (χ0v) is 55.7. The van der Waals surface area contributed by atoms with Gasteiger partial charge in [-0.3, -0.25) is 33.6 Å². The number of carbonyl (C=O) groups is 7. The molecule has 0 radical (unpaired) electrons. The summed E-state index contributed by atoms with van der Waals surface area (Å²) in [5.41, 5.74) is -4.16. The van der Waals surface area contributed by atoms with Crippen molar-refractivity contribution >= 4 is 41.6 Å². The normalized spacial score (nSPS) is 12.3. The van der Waals surface area contributed by atoms with Crippen molar-refractivity contribution in [1.82, 2.24) is 0 Å². The number of ether oxygens (including phenoxy) is 6. The van der Waals surface area contributed by atoms with Crippen LogP contribution in [-0.4, -0.2) is 105 Å². The molecule has 0 saturated carbocycles. The van der Waals surface area contributed by atoms with Crippen molar-refractivity contribution in [3.8, 4) is 0 Å². The van der Waals surface area contributed by atoms with Gasteiger partial charge in [0.25, 0.3) is 5.92 Å². The maximum absolute atomic E-state index is 12.4. The summed E-state index contributed by atoms with van der Waals surface area (Å²) in [5.74, 6) is -8.84. The molecule has 0 aromatic heterocycles. The van der Waals surface area contributed by atoms with Crippen molar-refractivity contribution in [2.24, 2.45) is 37.9 Å². The number of carbonyl (C=O) groups excluding carboxylic acids is 7. The smallest absolute Gasteiger partial charge is 0.466 e. The van der Waals surface area contributed by atoms with E-state index in [0.717, 1.165) is 26.7 Å². The van der Waals surface area contributed by atoms with Crippen LogP contribution in [0.5, 0.6) is 0 Å². The van der Waals surface area contributed by atoms with Gasteiger partial charge in [0.05, 0.1) is 78.4 Å². The first-order valence-corrected chi connectivity index (χ1v) is 28.5. The molecule has 13 nitrogen and oxygen atoms in total. The summed E-state index contributed by atoms with van der Waals surface area (Å²) >= 11 is 0. The minimum Gasteiger partial charge on any atom is -0.466 e. The molecule has 0 aliphatic heterocycles. The van der Waals surface area contributed by atoms with Crippen molar-refractivity contribution < 1.29 is 115 Å². The molecule has 0 saturated heterocycles. The molecule has 0 aliphatic carbocycles. The zero-order chi connectivity index (χ0) is 69.7. The third kappa shape index (κ3) is 53.6. The van der Waals surface area contributed by atoms with Gasteiger partial charge in [0, 0.05) is 18.3 Å². The van der Waals surface area contributed by atoms with Crippen LogP contribution in [0, 0.1) is 37.9 Å². The van der Waals surface area contributed by atoms with Crippen LogP contribution in [-0.2, 0) is 62.0 Å². The van der Waals surface area contributed by atoms with Gasteiger partial charge in [0.15, 0.2) is 0 Å². The van der Waals surface area contributed by atoms with Gasteiger partial charge in [-0.1, -0.05) is 62.3 Å². The van der Waals surface area contributed by atoms with Gasteiger partial charge in [-0.05, 0) is 156 Å². The lowest BCUT2D eigenvalue weighted by molar-refractivity contribution is -0.310. The third-order valence-corrected chi connectivity index (χ3v) is 13.4. The first kappa shape index (κ1) is 94.3. The number of rotatable bonds is 26. The van der Waals surface area contributed by atoms with E-state index in [1.165, 1.54) is 13.8 Å². The summed E-state index contributed by atoms with van der Waals surface area (Å²) in [7, 11) is 0. The lowest BCUT2D eigenvalue weighted by Gasteiger charge is -2.22. The Hall–Kier alpha value is -4.35. The first-order chi connectivity index (χ1) is 37.7. The minimum atomic E-state index is -4.87. The van der Waals surface area contributed by atoms with Gasteiger partial charge in [-0.2, -0.15) is 13.2 Å². The SMILES string of the molecule is CCC(C)(C)C(=O)CC(C)(F)F.CCC(C)(C)C(=O)OC(F)(F)F.CCC(C)(C)C(=O)OCCC(C)(F)F.CCC(C)(C)C(=O)OCCC(F)(F)F.CCC(C)(C)C(=O)OCCC(F)F.CCOC(=O)C(C)(C)CC.CCOC(=O)C(C)(C)CC. The molecule has 0 heterocycles. The molecule has 0 aromatic carbocycles. The van der Waals surface area contributed by atoms with Gasteiger partial charge in [-0.15, -0.1) is 13.2 Å². The molecule has 85 heavy (non-hydrogen) atoms. The van der Waals surface area contributed by atoms with E-state index in [0.29, 0.717) is 45.3 Å². The highest BCUT2D eigenvalue weighted by Crippen LogP contribution is 2.30. The van der Waals surface area contributed by atoms with Crippen molar-refractivity contribution in [2.45, 2.75) is 275 Å². The second-order valence-electron chi connectivity index (χ2n) is 24.4. The Morgan fingerprint density at radius 3 is 0.788 bits per heavy atom. The van der Waals surface area contributed by atoms with Gasteiger partial charge in [-0.25, -0.2) is 26.3 Å². The number of Topliss-reactive ketones (excluding diaryl/α,β-unsaturated/α-hetero) is 1. The summed E-state index contributed by atoms with van der Waals surface area (Å²) in [6, 6.07) is 0. The van der Waals surface area contributed by atoms with Crippen molar-refractivity contribution in [2.75, 3.05) is 33.0 Å². The standard InChI is InChI=1S/C10H18F2O2.C9H15F3O2.C9H16F2O2.C9H16F2O.2C8H16O2.C7H11F3O2/c1-5-9(2,3)8(13)14-7-6-10(4,11)12;1-4-8(2,3)7(13)14-6-5-9(10,11)12;1-4-9(2,3)8(12)13-6-5-7(10)11;1-5-8(2,3)7(12)6-9(4,10)11;2*1-5-8(3,4)7(9)10-6-2;1-4-6(2,3)5(11)12-7(8,9)10/h5-7H2,1-4H3;4-6H2,1-3H3;7H,4-6H2,1-3H3;5-6H2,1-4H3;2*5-6H2,1-4H3;4H2,1-3H3. The van der Waals surface area contributed by atoms with E-state index < -0.39 is 108 Å². The number of ketones is 1. The highest BCUT2D eigenvalue weighted by atomic mass is 19.4. The highest BCUT2D eigenvalue weighted by Gasteiger charge is 2.40. The van der Waals surface area contributed by atoms with Gasteiger partial charge in [0.2, 0.25) is 12.3 Å². The molecule has 0 fully saturated rings. The van der Waals surface area contributed by atoms with Gasteiger partial charge in [0.1, 0.15) is 5.78 Å². The van der Waals surface area contributed by atoms with E-state index >= 15 is 0 Å². The van der Waals surface area contributed by atoms with Gasteiger partial charge >= 0.3 is 48.4 Å². The van der Waals surface area contributed by atoms with E-state index in [1.807, 2.05) is 76.2 Å². The average Bonchev–Trinajstić information content (AvgIpc) is 3.35. The average molecular weight is 1270 g/mol. The Balaban J connectivity index is -0.000000168. The second-order valence-corrected chi connectivity index (χ2v) is 24.4. The molecular weight excluding hydrogens is 1160 g/mol.